The minimum absolute atomic E-state index is 0.182. The molecule has 2 heterocycles. The Labute approximate surface area is 168 Å². The van der Waals surface area contributed by atoms with Gasteiger partial charge in [0.1, 0.15) is 11.5 Å². The number of sulfone groups is 1. The summed E-state index contributed by atoms with van der Waals surface area (Å²) < 4.78 is 29.9. The number of carbonyl (C=O) groups is 1. The molecule has 3 rings (SSSR count). The van der Waals surface area contributed by atoms with Gasteiger partial charge in [0, 0.05) is 19.3 Å². The number of hydrogen-bond acceptors (Lipinski definition) is 7. The van der Waals surface area contributed by atoms with Gasteiger partial charge in [0.15, 0.2) is 15.0 Å². The third-order valence-electron chi connectivity index (χ3n) is 4.30. The Morgan fingerprint density at radius 2 is 1.89 bits per heavy atom. The molecule has 0 aliphatic heterocycles. The van der Waals surface area contributed by atoms with Crippen molar-refractivity contribution in [2.75, 3.05) is 38.3 Å². The molecule has 2 aromatic heterocycles. The molecule has 0 fully saturated rings. The van der Waals surface area contributed by atoms with Crippen LogP contribution < -0.4 is 4.90 Å². The normalized spacial score (nSPS) is 12.1. The van der Waals surface area contributed by atoms with Crippen molar-refractivity contribution in [2.45, 2.75) is 18.7 Å². The average molecular weight is 422 g/mol. The number of thiazole rings is 1. The van der Waals surface area contributed by atoms with Crippen molar-refractivity contribution in [3.63, 3.8) is 0 Å². The van der Waals surface area contributed by atoms with Gasteiger partial charge in [0.05, 0.1) is 20.7 Å². The van der Waals surface area contributed by atoms with Crippen molar-refractivity contribution in [3.05, 3.63) is 41.3 Å². The molecule has 0 spiro atoms. The number of benzene rings is 1. The van der Waals surface area contributed by atoms with E-state index in [1.54, 1.807) is 36.9 Å². The number of likely N-dealkylation sites (N-methyl/N-ethyl adjacent to an activating group) is 1. The van der Waals surface area contributed by atoms with Crippen LogP contribution in [-0.2, 0) is 9.84 Å². The highest BCUT2D eigenvalue weighted by Crippen LogP contribution is 2.32. The number of rotatable bonds is 6. The molecule has 0 unspecified atom stereocenters. The highest BCUT2D eigenvalue weighted by Gasteiger charge is 2.25. The van der Waals surface area contributed by atoms with Crippen LogP contribution in [0.5, 0.6) is 0 Å². The van der Waals surface area contributed by atoms with Crippen molar-refractivity contribution < 1.29 is 17.6 Å². The van der Waals surface area contributed by atoms with Crippen LogP contribution in [0.4, 0.5) is 5.13 Å². The molecule has 0 bridgehead atoms. The van der Waals surface area contributed by atoms with E-state index in [4.69, 9.17) is 4.42 Å². The topological polar surface area (TPSA) is 83.7 Å². The van der Waals surface area contributed by atoms with Gasteiger partial charge in [-0.25, -0.2) is 13.4 Å². The second-order valence-electron chi connectivity index (χ2n) is 6.99. The number of hydrogen-bond donors (Lipinski definition) is 0. The molecule has 9 heteroatoms. The Morgan fingerprint density at radius 3 is 2.46 bits per heavy atom. The number of amides is 1. The molecule has 0 aliphatic rings. The SMILES string of the molecule is Cc1cc(C(=O)N(CCN(C)C)c2nc3ccc(S(C)(=O)=O)cc3s2)c(C)o1. The van der Waals surface area contributed by atoms with Crippen LogP contribution >= 0.6 is 11.3 Å². The van der Waals surface area contributed by atoms with E-state index >= 15 is 0 Å². The molecule has 0 saturated heterocycles. The van der Waals surface area contributed by atoms with Crippen LogP contribution in [0.25, 0.3) is 10.2 Å². The molecule has 150 valence electrons. The smallest absolute Gasteiger partial charge is 0.263 e. The molecular weight excluding hydrogens is 398 g/mol. The Balaban J connectivity index is 2.04. The van der Waals surface area contributed by atoms with Crippen molar-refractivity contribution in [1.29, 1.82) is 0 Å². The Hall–Kier alpha value is -2.23. The van der Waals surface area contributed by atoms with Gasteiger partial charge < -0.3 is 9.32 Å². The predicted octanol–water partition coefficient (Wildman–Crippen LogP) is 3.12. The summed E-state index contributed by atoms with van der Waals surface area (Å²) in [6.07, 6.45) is 1.17. The summed E-state index contributed by atoms with van der Waals surface area (Å²) in [6.45, 7) is 4.68. The van der Waals surface area contributed by atoms with E-state index in [2.05, 4.69) is 4.98 Å². The number of carbonyl (C=O) groups excluding carboxylic acids is 1. The zero-order valence-corrected chi connectivity index (χ0v) is 18.1. The fraction of sp³-hybridized carbons (Fsp3) is 0.368. The fourth-order valence-electron chi connectivity index (χ4n) is 2.81. The standard InChI is InChI=1S/C19H23N3O4S2/c1-12-10-15(13(2)26-12)18(23)22(9-8-21(3)4)19-20-16-7-6-14(28(5,24)25)11-17(16)27-19/h6-7,10-11H,8-9H2,1-5H3. The molecular formula is C19H23N3O4S2. The van der Waals surface area contributed by atoms with Crippen molar-refractivity contribution in [2.24, 2.45) is 0 Å². The van der Waals surface area contributed by atoms with Crippen LogP contribution in [0, 0.1) is 13.8 Å². The summed E-state index contributed by atoms with van der Waals surface area (Å²) in [4.78, 5) is 21.6. The van der Waals surface area contributed by atoms with Crippen LogP contribution in [0.2, 0.25) is 0 Å². The molecule has 7 nitrogen and oxygen atoms in total. The number of aryl methyl sites for hydroxylation is 2. The third-order valence-corrected chi connectivity index (χ3v) is 6.45. The van der Waals surface area contributed by atoms with Gasteiger partial charge in [0.2, 0.25) is 0 Å². The first-order chi connectivity index (χ1) is 13.1. The van der Waals surface area contributed by atoms with E-state index in [0.29, 0.717) is 40.8 Å². The highest BCUT2D eigenvalue weighted by atomic mass is 32.2. The number of nitrogens with zero attached hydrogens (tertiary/aromatic N) is 3. The maximum atomic E-state index is 13.2. The van der Waals surface area contributed by atoms with Crippen molar-refractivity contribution >= 4 is 42.4 Å². The van der Waals surface area contributed by atoms with E-state index in [0.717, 1.165) is 4.70 Å². The Kier molecular flexibility index (Phi) is 5.60. The summed E-state index contributed by atoms with van der Waals surface area (Å²) in [5.41, 5.74) is 1.17. The molecule has 0 saturated carbocycles. The fourth-order valence-corrected chi connectivity index (χ4v) is 4.56. The molecule has 0 radical (unpaired) electrons. The van der Waals surface area contributed by atoms with E-state index in [9.17, 15) is 13.2 Å². The third kappa shape index (κ3) is 4.26. The van der Waals surface area contributed by atoms with Crippen molar-refractivity contribution in [3.8, 4) is 0 Å². The largest absolute Gasteiger partial charge is 0.466 e. The van der Waals surface area contributed by atoms with E-state index in [1.165, 1.54) is 23.7 Å². The molecule has 0 aliphatic carbocycles. The zero-order chi connectivity index (χ0) is 20.6. The van der Waals surface area contributed by atoms with Gasteiger partial charge in [-0.15, -0.1) is 0 Å². The first-order valence-corrected chi connectivity index (χ1v) is 11.4. The number of furan rings is 1. The number of fused-ring (bicyclic) bond motifs is 1. The Bertz CT molecular complexity index is 1130. The lowest BCUT2D eigenvalue weighted by atomic mass is 10.2. The van der Waals surface area contributed by atoms with Gasteiger partial charge in [-0.05, 0) is 52.2 Å². The van der Waals surface area contributed by atoms with Crippen LogP contribution in [-0.4, -0.2) is 57.6 Å². The molecule has 0 atom stereocenters. The van der Waals surface area contributed by atoms with Gasteiger partial charge in [0.25, 0.3) is 5.91 Å². The summed E-state index contributed by atoms with van der Waals surface area (Å²) in [7, 11) is 0.565. The van der Waals surface area contributed by atoms with Crippen LogP contribution in [0.15, 0.2) is 33.6 Å². The maximum Gasteiger partial charge on any atom is 0.263 e. The molecule has 28 heavy (non-hydrogen) atoms. The monoisotopic (exact) mass is 421 g/mol. The summed E-state index contributed by atoms with van der Waals surface area (Å²) >= 11 is 1.30. The van der Waals surface area contributed by atoms with E-state index in [1.807, 2.05) is 19.0 Å². The Morgan fingerprint density at radius 1 is 1.18 bits per heavy atom. The molecule has 1 amide bonds. The lowest BCUT2D eigenvalue weighted by Gasteiger charge is -2.21. The quantitative estimate of drug-likeness (QED) is 0.608. The summed E-state index contributed by atoms with van der Waals surface area (Å²) in [5, 5.41) is 0.533. The summed E-state index contributed by atoms with van der Waals surface area (Å²) in [5.74, 6) is 1.06. The predicted molar refractivity (Wildman–Crippen MR) is 111 cm³/mol. The minimum Gasteiger partial charge on any atom is -0.466 e. The maximum absolute atomic E-state index is 13.2. The molecule has 1 aromatic carbocycles. The van der Waals surface area contributed by atoms with Crippen molar-refractivity contribution in [1.82, 2.24) is 9.88 Å². The minimum atomic E-state index is -3.31. The van der Waals surface area contributed by atoms with E-state index in [-0.39, 0.29) is 10.8 Å². The lowest BCUT2D eigenvalue weighted by Crippen LogP contribution is -2.36. The molecule has 3 aromatic rings. The van der Waals surface area contributed by atoms with Gasteiger partial charge in [-0.2, -0.15) is 0 Å². The van der Waals surface area contributed by atoms with Gasteiger partial charge in [-0.1, -0.05) is 11.3 Å². The average Bonchev–Trinajstić information content (AvgIpc) is 3.15. The first-order valence-electron chi connectivity index (χ1n) is 8.70. The number of aromatic nitrogens is 1. The zero-order valence-electron chi connectivity index (χ0n) is 16.5. The lowest BCUT2D eigenvalue weighted by molar-refractivity contribution is 0.0983. The van der Waals surface area contributed by atoms with Gasteiger partial charge in [-0.3, -0.25) is 9.69 Å². The summed E-state index contributed by atoms with van der Waals surface area (Å²) in [6, 6.07) is 6.55. The number of anilines is 1. The second kappa shape index (κ2) is 7.65. The highest BCUT2D eigenvalue weighted by molar-refractivity contribution is 7.90. The van der Waals surface area contributed by atoms with E-state index < -0.39 is 9.84 Å². The van der Waals surface area contributed by atoms with Crippen LogP contribution in [0.1, 0.15) is 21.9 Å². The molecule has 0 N–H and O–H groups in total. The second-order valence-corrected chi connectivity index (χ2v) is 10.0. The van der Waals surface area contributed by atoms with Gasteiger partial charge >= 0.3 is 0 Å². The van der Waals surface area contributed by atoms with Crippen LogP contribution in [0.3, 0.4) is 0 Å². The first kappa shape index (κ1) is 20.5.